The van der Waals surface area contributed by atoms with E-state index in [1.54, 1.807) is 0 Å². The minimum Gasteiger partial charge on any atom is -0.396 e. The lowest BCUT2D eigenvalue weighted by molar-refractivity contribution is 0.299. The summed E-state index contributed by atoms with van der Waals surface area (Å²) < 4.78 is 0. The third-order valence-electron chi connectivity index (χ3n) is 6.09. The largest absolute Gasteiger partial charge is 0.396 e. The third-order valence-corrected chi connectivity index (χ3v) is 6.09. The zero-order valence-corrected chi connectivity index (χ0v) is 18.0. The highest BCUT2D eigenvalue weighted by Gasteiger charge is 2.27. The summed E-state index contributed by atoms with van der Waals surface area (Å²) in [4.78, 5) is 9.49. The van der Waals surface area contributed by atoms with E-state index in [2.05, 4.69) is 64.1 Å². The van der Waals surface area contributed by atoms with Crippen LogP contribution in [0.1, 0.15) is 28.2 Å². The van der Waals surface area contributed by atoms with E-state index < -0.39 is 0 Å². The summed E-state index contributed by atoms with van der Waals surface area (Å²) >= 11 is 0. The minimum absolute atomic E-state index is 0.154. The molecule has 1 aromatic heterocycles. The molecule has 1 unspecified atom stereocenters. The van der Waals surface area contributed by atoms with Crippen molar-refractivity contribution in [1.82, 2.24) is 9.97 Å². The van der Waals surface area contributed by atoms with Crippen LogP contribution in [0.2, 0.25) is 0 Å². The minimum atomic E-state index is 0.154. The fourth-order valence-electron chi connectivity index (χ4n) is 4.39. The average Bonchev–Trinajstić information content (AvgIpc) is 2.85. The smallest absolute Gasteiger partial charge is 0.227 e. The maximum atomic E-state index is 9.09. The average molecular weight is 423 g/mol. The Morgan fingerprint density at radius 2 is 1.69 bits per heavy atom. The number of nitrogens with one attached hydrogen (secondary N) is 2. The molecule has 1 heterocycles. The maximum absolute atomic E-state index is 9.09. The predicted octanol–water partition coefficient (Wildman–Crippen LogP) is 5.15. The van der Waals surface area contributed by atoms with Crippen molar-refractivity contribution in [3.63, 3.8) is 0 Å². The Hall–Kier alpha value is -3.70. The van der Waals surface area contributed by atoms with Gasteiger partial charge in [-0.1, -0.05) is 48.5 Å². The molecule has 0 bridgehead atoms. The predicted molar refractivity (Wildman–Crippen MR) is 130 cm³/mol. The molecule has 0 fully saturated rings. The summed E-state index contributed by atoms with van der Waals surface area (Å²) in [5, 5.41) is 15.6. The van der Waals surface area contributed by atoms with Gasteiger partial charge in [-0.2, -0.15) is 0 Å². The van der Waals surface area contributed by atoms with Gasteiger partial charge in [0.15, 0.2) is 0 Å². The van der Waals surface area contributed by atoms with Crippen LogP contribution >= 0.6 is 0 Å². The van der Waals surface area contributed by atoms with E-state index in [0.717, 1.165) is 34.6 Å². The zero-order chi connectivity index (χ0) is 21.9. The number of rotatable bonds is 6. The number of fused-ring (bicyclic) bond motifs is 3. The normalized spacial score (nSPS) is 14.4. The molecule has 0 spiro atoms. The van der Waals surface area contributed by atoms with E-state index in [0.29, 0.717) is 12.4 Å². The molecule has 5 rings (SSSR count). The van der Waals surface area contributed by atoms with Crippen molar-refractivity contribution in [1.29, 1.82) is 0 Å². The van der Waals surface area contributed by atoms with Crippen molar-refractivity contribution in [3.05, 3.63) is 101 Å². The van der Waals surface area contributed by atoms with Gasteiger partial charge in [0.05, 0.1) is 5.69 Å². The lowest BCUT2D eigenvalue weighted by atomic mass is 9.78. The standard InChI is InChI=1S/C27H26N4O/c1-28-21-12-8-19(9-13-21)25-16-20-17-29-27(30-22-10-6-18(7-11-22)14-15-32)31-26(20)24-5-3-2-4-23(24)25/h2-13,17,25,28,32H,14-16H2,1H3,(H,29,30,31). The monoisotopic (exact) mass is 422 g/mol. The lowest BCUT2D eigenvalue weighted by Gasteiger charge is -2.27. The molecule has 1 aliphatic rings. The highest BCUT2D eigenvalue weighted by atomic mass is 16.2. The van der Waals surface area contributed by atoms with Crippen LogP contribution in [-0.2, 0) is 12.8 Å². The maximum Gasteiger partial charge on any atom is 0.227 e. The number of aliphatic hydroxyl groups is 1. The number of aromatic nitrogens is 2. The Morgan fingerprint density at radius 3 is 2.44 bits per heavy atom. The van der Waals surface area contributed by atoms with Crippen molar-refractivity contribution in [3.8, 4) is 11.3 Å². The second-order valence-electron chi connectivity index (χ2n) is 8.08. The Labute approximate surface area is 188 Å². The molecule has 3 aromatic carbocycles. The molecule has 5 heteroatoms. The van der Waals surface area contributed by atoms with Crippen molar-refractivity contribution >= 4 is 17.3 Å². The van der Waals surface area contributed by atoms with Gasteiger partial charge in [-0.3, -0.25) is 0 Å². The first-order valence-electron chi connectivity index (χ1n) is 10.9. The fraction of sp³-hybridized carbons (Fsp3) is 0.185. The molecule has 0 radical (unpaired) electrons. The van der Waals surface area contributed by atoms with E-state index >= 15 is 0 Å². The van der Waals surface area contributed by atoms with Gasteiger partial charge in [0.1, 0.15) is 0 Å². The molecule has 160 valence electrons. The summed E-state index contributed by atoms with van der Waals surface area (Å²) in [6.07, 6.45) is 3.49. The molecule has 0 saturated carbocycles. The summed E-state index contributed by atoms with van der Waals surface area (Å²) in [5.74, 6) is 0.872. The van der Waals surface area contributed by atoms with Gasteiger partial charge in [0.2, 0.25) is 5.95 Å². The highest BCUT2D eigenvalue weighted by Crippen LogP contribution is 2.42. The first-order valence-corrected chi connectivity index (χ1v) is 10.9. The number of anilines is 3. The topological polar surface area (TPSA) is 70.1 Å². The van der Waals surface area contributed by atoms with Crippen LogP contribution in [0.5, 0.6) is 0 Å². The number of hydrogen-bond acceptors (Lipinski definition) is 5. The molecule has 0 aliphatic heterocycles. The summed E-state index contributed by atoms with van der Waals surface area (Å²) in [7, 11) is 1.94. The van der Waals surface area contributed by atoms with Crippen LogP contribution in [0.3, 0.4) is 0 Å². The molecule has 0 saturated heterocycles. The van der Waals surface area contributed by atoms with E-state index in [-0.39, 0.29) is 12.5 Å². The first kappa shape index (κ1) is 20.2. The fourth-order valence-corrected chi connectivity index (χ4v) is 4.39. The Bertz CT molecular complexity index is 1220. The molecule has 4 aromatic rings. The van der Waals surface area contributed by atoms with Crippen molar-refractivity contribution in [2.45, 2.75) is 18.8 Å². The van der Waals surface area contributed by atoms with E-state index in [1.807, 2.05) is 37.5 Å². The van der Waals surface area contributed by atoms with Gasteiger partial charge in [0.25, 0.3) is 0 Å². The molecular formula is C27H26N4O. The molecule has 0 amide bonds. The van der Waals surface area contributed by atoms with E-state index in [1.165, 1.54) is 16.7 Å². The van der Waals surface area contributed by atoms with Crippen LogP contribution in [-0.4, -0.2) is 28.7 Å². The molecule has 1 aliphatic carbocycles. The highest BCUT2D eigenvalue weighted by molar-refractivity contribution is 5.73. The van der Waals surface area contributed by atoms with Crippen molar-refractivity contribution in [2.75, 3.05) is 24.3 Å². The third kappa shape index (κ3) is 3.95. The van der Waals surface area contributed by atoms with Gasteiger partial charge in [-0.25, -0.2) is 9.97 Å². The van der Waals surface area contributed by atoms with Crippen molar-refractivity contribution in [2.24, 2.45) is 0 Å². The molecule has 1 atom stereocenters. The van der Waals surface area contributed by atoms with Gasteiger partial charge in [-0.15, -0.1) is 0 Å². The van der Waals surface area contributed by atoms with E-state index in [9.17, 15) is 0 Å². The van der Waals surface area contributed by atoms with Gasteiger partial charge < -0.3 is 15.7 Å². The second-order valence-corrected chi connectivity index (χ2v) is 8.08. The van der Waals surface area contributed by atoms with E-state index in [4.69, 9.17) is 10.1 Å². The van der Waals surface area contributed by atoms with Crippen LogP contribution in [0.15, 0.2) is 79.0 Å². The zero-order valence-electron chi connectivity index (χ0n) is 18.0. The number of hydrogen-bond donors (Lipinski definition) is 3. The van der Waals surface area contributed by atoms with Gasteiger partial charge >= 0.3 is 0 Å². The van der Waals surface area contributed by atoms with Crippen molar-refractivity contribution < 1.29 is 5.11 Å². The van der Waals surface area contributed by atoms with Crippen LogP contribution < -0.4 is 10.6 Å². The van der Waals surface area contributed by atoms with Crippen LogP contribution in [0.4, 0.5) is 17.3 Å². The van der Waals surface area contributed by atoms with Crippen LogP contribution in [0, 0.1) is 0 Å². The quantitative estimate of drug-likeness (QED) is 0.401. The SMILES string of the molecule is CNc1ccc(C2Cc3cnc(Nc4ccc(CCO)cc4)nc3-c3ccccc32)cc1. The summed E-state index contributed by atoms with van der Waals surface area (Å²) in [6, 6.07) is 25.2. The number of nitrogens with zero attached hydrogens (tertiary/aromatic N) is 2. The number of benzene rings is 3. The second kappa shape index (κ2) is 8.81. The van der Waals surface area contributed by atoms with Crippen LogP contribution in [0.25, 0.3) is 11.3 Å². The molecule has 32 heavy (non-hydrogen) atoms. The lowest BCUT2D eigenvalue weighted by Crippen LogP contribution is -2.15. The van der Waals surface area contributed by atoms with Gasteiger partial charge in [0, 0.05) is 42.7 Å². The molecule has 5 nitrogen and oxygen atoms in total. The Kier molecular flexibility index (Phi) is 5.57. The number of aliphatic hydroxyl groups excluding tert-OH is 1. The van der Waals surface area contributed by atoms with Gasteiger partial charge in [-0.05, 0) is 59.4 Å². The summed E-state index contributed by atoms with van der Waals surface area (Å²) in [6.45, 7) is 0.154. The Balaban J connectivity index is 1.46. The molecular weight excluding hydrogens is 396 g/mol. The molecule has 3 N–H and O–H groups in total. The Morgan fingerprint density at radius 1 is 0.938 bits per heavy atom. The summed E-state index contributed by atoms with van der Waals surface area (Å²) in [5.41, 5.74) is 9.07. The first-order chi connectivity index (χ1) is 15.7.